The van der Waals surface area contributed by atoms with E-state index in [1.54, 1.807) is 12.5 Å². The SMILES string of the molecule is CC(C)c1cc(C2CC2)no1.CC(C)c1coc(-c2ccccc2)n1.CC(C)c1nc(-c2ccccc2)no1.CC(C)c1nc(C2CC2)no1.CC(C)c1nnc(-c2ccccc2)o1.CC(C)c1occc1-c1ccccc1.CCc1cc(C(C)C)on1.Cc1cc(C(C)C)no1.Cc1cc(C(C)C)on1. The van der Waals surface area contributed by atoms with Crippen LogP contribution in [0.3, 0.4) is 0 Å². The predicted octanol–water partition coefficient (Wildman–Crippen LogP) is 24.6. The minimum atomic E-state index is 0.278. The van der Waals surface area contributed by atoms with E-state index in [9.17, 15) is 0 Å². The van der Waals surface area contributed by atoms with Crippen molar-refractivity contribution in [1.82, 2.24) is 56.1 Å². The van der Waals surface area contributed by atoms with E-state index < -0.39 is 0 Å². The van der Waals surface area contributed by atoms with Gasteiger partial charge in [-0.3, -0.25) is 0 Å². The highest BCUT2D eigenvalue weighted by Crippen LogP contribution is 2.40. The van der Waals surface area contributed by atoms with Crippen molar-refractivity contribution in [3.63, 3.8) is 0 Å². The van der Waals surface area contributed by atoms with Crippen LogP contribution in [0.25, 0.3) is 45.4 Å². The highest BCUT2D eigenvalue weighted by atomic mass is 16.5. The number of rotatable bonds is 16. The molecule has 13 aromatic rings. The Kier molecular flexibility index (Phi) is 32.8. The van der Waals surface area contributed by atoms with E-state index in [0.717, 1.165) is 92.1 Å². The van der Waals surface area contributed by atoms with Gasteiger partial charge in [0.1, 0.15) is 35.1 Å². The first kappa shape index (κ1) is 82.9. The number of nitrogens with zero attached hydrogens (tertiary/aromatic N) is 11. The van der Waals surface area contributed by atoms with Crippen LogP contribution in [0.4, 0.5) is 0 Å². The van der Waals surface area contributed by atoms with Gasteiger partial charge in [0.05, 0.1) is 34.7 Å². The van der Waals surface area contributed by atoms with Gasteiger partial charge in [0, 0.05) is 99.8 Å². The average Bonchev–Trinajstić information content (AvgIpc) is 1.69. The van der Waals surface area contributed by atoms with Gasteiger partial charge in [-0.2, -0.15) is 9.97 Å². The fraction of sp³-hybridized carbons (Fsp3) is 0.430. The number of benzene rings is 4. The van der Waals surface area contributed by atoms with Gasteiger partial charge in [-0.15, -0.1) is 10.2 Å². The quantitative estimate of drug-likeness (QED) is 0.0870. The van der Waals surface area contributed by atoms with E-state index in [0.29, 0.717) is 82.6 Å². The first-order valence-electron chi connectivity index (χ1n) is 37.3. The number of aromatic nitrogens is 11. The lowest BCUT2D eigenvalue weighted by Crippen LogP contribution is -1.87. The van der Waals surface area contributed by atoms with Gasteiger partial charge in [-0.25, -0.2) is 4.98 Å². The van der Waals surface area contributed by atoms with Gasteiger partial charge in [-0.1, -0.05) is 260 Å². The van der Waals surface area contributed by atoms with Crippen LogP contribution in [0.15, 0.2) is 205 Å². The molecule has 0 atom stereocenters. The molecule has 0 N–H and O–H groups in total. The monoisotopic (exact) mass is 1440 g/mol. The lowest BCUT2D eigenvalue weighted by Gasteiger charge is -2.04. The van der Waals surface area contributed by atoms with Crippen molar-refractivity contribution >= 4 is 0 Å². The molecule has 106 heavy (non-hydrogen) atoms. The van der Waals surface area contributed by atoms with E-state index in [1.165, 1.54) is 36.8 Å². The highest BCUT2D eigenvalue weighted by Gasteiger charge is 2.29. The van der Waals surface area contributed by atoms with E-state index in [-0.39, 0.29) is 11.8 Å². The van der Waals surface area contributed by atoms with Crippen molar-refractivity contribution in [3.8, 4) is 45.4 Å². The maximum Gasteiger partial charge on any atom is 0.247 e. The summed E-state index contributed by atoms with van der Waals surface area (Å²) in [4.78, 5) is 13.0. The van der Waals surface area contributed by atoms with Crippen molar-refractivity contribution in [3.05, 3.63) is 245 Å². The number of hydrogen-bond donors (Lipinski definition) is 0. The second kappa shape index (κ2) is 41.9. The third-order valence-corrected chi connectivity index (χ3v) is 16.3. The molecule has 20 heteroatoms. The van der Waals surface area contributed by atoms with Gasteiger partial charge in [-0.05, 0) is 93.7 Å². The van der Waals surface area contributed by atoms with Gasteiger partial charge in [0.25, 0.3) is 0 Å². The minimum absolute atomic E-state index is 0.278. The van der Waals surface area contributed by atoms with E-state index in [2.05, 4.69) is 178 Å². The molecule has 4 aromatic carbocycles. The molecule has 15 rings (SSSR count). The topological polar surface area (TPSA) is 260 Å². The van der Waals surface area contributed by atoms with E-state index in [1.807, 2.05) is 175 Å². The number of hydrogen-bond acceptors (Lipinski definition) is 20. The molecule has 2 fully saturated rings. The third-order valence-electron chi connectivity index (χ3n) is 16.3. The summed E-state index contributed by atoms with van der Waals surface area (Å²) in [5.74, 6) is 14.8. The van der Waals surface area contributed by atoms with Crippen molar-refractivity contribution < 1.29 is 40.4 Å². The Hall–Kier alpha value is -10.4. The summed E-state index contributed by atoms with van der Waals surface area (Å²) in [6, 6.07) is 49.9. The minimum Gasteiger partial charge on any atom is -0.468 e. The van der Waals surface area contributed by atoms with Gasteiger partial charge < -0.3 is 40.4 Å². The lowest BCUT2D eigenvalue weighted by molar-refractivity contribution is 0.360. The van der Waals surface area contributed by atoms with Crippen LogP contribution < -0.4 is 0 Å². The molecule has 0 bridgehead atoms. The van der Waals surface area contributed by atoms with E-state index >= 15 is 0 Å². The summed E-state index contributed by atoms with van der Waals surface area (Å²) in [5, 5.41) is 31.3. The van der Waals surface area contributed by atoms with Gasteiger partial charge in [0.15, 0.2) is 5.82 Å². The molecule has 9 aromatic heterocycles. The average molecular weight is 1440 g/mol. The first-order chi connectivity index (χ1) is 50.8. The number of furan rings is 1. The number of oxazole rings is 1. The van der Waals surface area contributed by atoms with Crippen LogP contribution in [0.2, 0.25) is 0 Å². The van der Waals surface area contributed by atoms with Crippen LogP contribution in [0.1, 0.15) is 303 Å². The summed E-state index contributed by atoms with van der Waals surface area (Å²) in [6.45, 7) is 43.4. The number of aryl methyl sites for hydroxylation is 3. The Morgan fingerprint density at radius 3 is 1.28 bits per heavy atom. The highest BCUT2D eigenvalue weighted by molar-refractivity contribution is 5.65. The molecule has 20 nitrogen and oxygen atoms in total. The molecule has 0 radical (unpaired) electrons. The van der Waals surface area contributed by atoms with Gasteiger partial charge in [0.2, 0.25) is 35.3 Å². The zero-order valence-corrected chi connectivity index (χ0v) is 66.1. The molecule has 0 unspecified atom stereocenters. The Balaban J connectivity index is 0.000000167. The largest absolute Gasteiger partial charge is 0.468 e. The summed E-state index contributed by atoms with van der Waals surface area (Å²) in [5.41, 5.74) is 10.6. The Labute approximate surface area is 626 Å². The van der Waals surface area contributed by atoms with Gasteiger partial charge >= 0.3 is 0 Å². The molecular formula is C86H111N11O9. The second-order valence-corrected chi connectivity index (χ2v) is 29.0. The smallest absolute Gasteiger partial charge is 0.247 e. The molecule has 2 aliphatic rings. The molecule has 2 aliphatic carbocycles. The van der Waals surface area contributed by atoms with Crippen molar-refractivity contribution in [1.29, 1.82) is 0 Å². The maximum atomic E-state index is 5.51. The molecular weight excluding hydrogens is 1330 g/mol. The van der Waals surface area contributed by atoms with Crippen LogP contribution in [-0.4, -0.2) is 56.1 Å². The fourth-order valence-electron chi connectivity index (χ4n) is 9.44. The second-order valence-electron chi connectivity index (χ2n) is 29.0. The van der Waals surface area contributed by atoms with Crippen molar-refractivity contribution in [2.45, 2.75) is 243 Å². The Morgan fingerprint density at radius 1 is 0.377 bits per heavy atom. The van der Waals surface area contributed by atoms with Crippen LogP contribution in [-0.2, 0) is 6.42 Å². The van der Waals surface area contributed by atoms with E-state index in [4.69, 9.17) is 40.4 Å². The summed E-state index contributed by atoms with van der Waals surface area (Å²) in [7, 11) is 0. The predicted molar refractivity (Wildman–Crippen MR) is 415 cm³/mol. The van der Waals surface area contributed by atoms with Crippen molar-refractivity contribution in [2.75, 3.05) is 0 Å². The fourth-order valence-corrected chi connectivity index (χ4v) is 9.44. The molecule has 0 amide bonds. The van der Waals surface area contributed by atoms with Crippen LogP contribution in [0, 0.1) is 13.8 Å². The van der Waals surface area contributed by atoms with Crippen LogP contribution in [0.5, 0.6) is 0 Å². The zero-order valence-electron chi connectivity index (χ0n) is 66.1. The molecule has 0 spiro atoms. The van der Waals surface area contributed by atoms with Crippen molar-refractivity contribution in [2.24, 2.45) is 0 Å². The lowest BCUT2D eigenvalue weighted by atomic mass is 10.0. The normalized spacial score (nSPS) is 12.2. The third kappa shape index (κ3) is 27.3. The van der Waals surface area contributed by atoms with Crippen LogP contribution >= 0.6 is 0 Å². The molecule has 0 saturated heterocycles. The standard InChI is InChI=1S/C13H14O.C12H13NO.2C11H12N2O.C9H13NO.C8H12N2O.C8H13NO.2C7H11NO/c1-10(2)13-12(8-9-14-13)11-6-4-3-5-7-11;1-9(2)11-8-14-12(13-11)10-6-4-3-5-7-10;1-8(2)11-12-10(13-14-11)9-6-4-3-5-7-9;1-8(2)10-12-13-11(14-10)9-6-4-3-5-7-9;1-6(2)9-5-8(10-11-9)7-3-4-7;1-5(2)8-9-7(10-11-8)6-3-4-6;1-4-7-5-8(6(2)3)10-9-7;1-5(2)7-4-6(3)9-8-7;1-5(2)7-4-6(3)8-9-7/h3-10H,1-2H3;3-9H,1-2H3;2*3-8H,1-2H3;5-7H,3-4H2,1-2H3;5-6H,3-4H2,1-2H3;5-6H,4H2,1-3H3;2*4-5H,1-3H3. The molecule has 2 saturated carbocycles. The molecule has 564 valence electrons. The summed E-state index contributed by atoms with van der Waals surface area (Å²) < 4.78 is 46.7. The summed E-state index contributed by atoms with van der Waals surface area (Å²) >= 11 is 0. The zero-order chi connectivity index (χ0) is 76.8. The molecule has 9 heterocycles. The maximum absolute atomic E-state index is 5.51. The Bertz CT molecular complexity index is 4150. The molecule has 0 aliphatic heterocycles. The Morgan fingerprint density at radius 2 is 0.877 bits per heavy atom. The first-order valence-corrected chi connectivity index (χ1v) is 37.3. The summed E-state index contributed by atoms with van der Waals surface area (Å²) in [6.07, 6.45) is 9.50.